The Hall–Kier alpha value is -3.18. The molecule has 4 aromatic rings. The number of fused-ring (bicyclic) bond motifs is 1. The number of thioether (sulfide) groups is 1. The quantitative estimate of drug-likeness (QED) is 0.0974. The van der Waals surface area contributed by atoms with Gasteiger partial charge in [-0.2, -0.15) is 16.7 Å². The number of benzene rings is 2. The molecular weight excluding hydrogens is 585 g/mol. The number of aliphatic imine (C=N–C) groups is 1. The molecule has 2 aromatic carbocycles. The summed E-state index contributed by atoms with van der Waals surface area (Å²) in [7, 11) is 0. The van der Waals surface area contributed by atoms with E-state index in [-0.39, 0.29) is 11.1 Å². The summed E-state index contributed by atoms with van der Waals surface area (Å²) in [6.45, 7) is 5.53. The van der Waals surface area contributed by atoms with Crippen LogP contribution >= 0.6 is 23.4 Å². The van der Waals surface area contributed by atoms with Gasteiger partial charge in [0.15, 0.2) is 5.82 Å². The van der Waals surface area contributed by atoms with E-state index in [2.05, 4.69) is 27.2 Å². The molecule has 0 saturated heterocycles. The number of aryl methyl sites for hydroxylation is 1. The van der Waals surface area contributed by atoms with Gasteiger partial charge in [0.2, 0.25) is 0 Å². The number of nitrogens with one attached hydrogen (secondary N) is 2. The zero-order valence-corrected chi connectivity index (χ0v) is 26.6. The first-order valence-electron chi connectivity index (χ1n) is 14.6. The van der Waals surface area contributed by atoms with Gasteiger partial charge in [0.05, 0.1) is 22.2 Å². The van der Waals surface area contributed by atoms with Gasteiger partial charge in [-0.15, -0.1) is 0 Å². The van der Waals surface area contributed by atoms with Crippen LogP contribution in [0.1, 0.15) is 50.7 Å². The van der Waals surface area contributed by atoms with Crippen LogP contribution in [-0.2, 0) is 13.0 Å². The molecule has 2 heterocycles. The second-order valence-corrected chi connectivity index (χ2v) is 12.2. The molecule has 0 amide bonds. The fourth-order valence-electron chi connectivity index (χ4n) is 4.98. The topological polar surface area (TPSA) is 127 Å². The minimum atomic E-state index is -0.513. The maximum Gasteiger partial charge on any atom is 0.354 e. The summed E-state index contributed by atoms with van der Waals surface area (Å²) < 4.78 is 16.6. The molecule has 8 nitrogen and oxygen atoms in total. The van der Waals surface area contributed by atoms with E-state index in [1.54, 1.807) is 36.2 Å². The van der Waals surface area contributed by atoms with Gasteiger partial charge in [-0.3, -0.25) is 9.56 Å². The Morgan fingerprint density at radius 2 is 1.98 bits per heavy atom. The van der Waals surface area contributed by atoms with Crippen LogP contribution in [0.4, 0.5) is 4.39 Å². The Labute approximate surface area is 261 Å². The van der Waals surface area contributed by atoms with Gasteiger partial charge >= 0.3 is 5.69 Å². The van der Waals surface area contributed by atoms with Gasteiger partial charge in [0.25, 0.3) is 0 Å². The lowest BCUT2D eigenvalue weighted by atomic mass is 10.0. The summed E-state index contributed by atoms with van der Waals surface area (Å²) in [5, 5.41) is 4.33. The average molecular weight is 626 g/mol. The van der Waals surface area contributed by atoms with Crippen molar-refractivity contribution in [3.05, 3.63) is 81.1 Å². The molecule has 2 aromatic heterocycles. The van der Waals surface area contributed by atoms with Crippen LogP contribution in [0, 0.1) is 5.82 Å². The Morgan fingerprint density at radius 1 is 1.21 bits per heavy atom. The van der Waals surface area contributed by atoms with Crippen LogP contribution in [0.2, 0.25) is 5.02 Å². The Balaban J connectivity index is 1.48. The lowest BCUT2D eigenvalue weighted by Gasteiger charge is -2.16. The van der Waals surface area contributed by atoms with Crippen LogP contribution in [0.25, 0.3) is 28.0 Å². The molecule has 0 aliphatic heterocycles. The molecule has 0 aliphatic rings. The average Bonchev–Trinajstić information content (AvgIpc) is 3.39. The molecular formula is C32H41ClFN7OS. The SMILES string of the molecule is CC[C@@H](CCN=C(N)CSC)NCc1ccc(-n2cc3cc(-c4cc(CCC[C@H](C)N)cc(Cl)c4F)[nH]c3nc2=O)cc1. The highest BCUT2D eigenvalue weighted by Crippen LogP contribution is 2.31. The first-order valence-corrected chi connectivity index (χ1v) is 16.4. The van der Waals surface area contributed by atoms with Gasteiger partial charge in [-0.1, -0.05) is 30.7 Å². The van der Waals surface area contributed by atoms with Crippen LogP contribution < -0.4 is 22.5 Å². The number of nitrogens with two attached hydrogens (primary N) is 2. The summed E-state index contributed by atoms with van der Waals surface area (Å²) in [6, 6.07) is 13.5. The molecule has 0 aliphatic carbocycles. The van der Waals surface area contributed by atoms with Crippen molar-refractivity contribution in [2.24, 2.45) is 16.5 Å². The van der Waals surface area contributed by atoms with Crippen LogP contribution in [0.15, 0.2) is 58.4 Å². The normalized spacial score (nSPS) is 13.5. The minimum Gasteiger partial charge on any atom is -0.387 e. The molecule has 6 N–H and O–H groups in total. The zero-order valence-electron chi connectivity index (χ0n) is 25.0. The van der Waals surface area contributed by atoms with E-state index in [1.165, 1.54) is 4.57 Å². The molecule has 0 fully saturated rings. The number of nitrogens with zero attached hydrogens (tertiary/aromatic N) is 3. The van der Waals surface area contributed by atoms with E-state index in [0.717, 1.165) is 49.0 Å². The van der Waals surface area contributed by atoms with Crippen LogP contribution in [0.5, 0.6) is 0 Å². The molecule has 4 rings (SSSR count). The molecule has 0 saturated carbocycles. The van der Waals surface area contributed by atoms with E-state index in [1.807, 2.05) is 37.4 Å². The van der Waals surface area contributed by atoms with Crippen molar-refractivity contribution in [2.75, 3.05) is 18.6 Å². The predicted molar refractivity (Wildman–Crippen MR) is 179 cm³/mol. The van der Waals surface area contributed by atoms with E-state index in [9.17, 15) is 4.79 Å². The van der Waals surface area contributed by atoms with Crippen molar-refractivity contribution >= 4 is 40.2 Å². The largest absolute Gasteiger partial charge is 0.387 e. The van der Waals surface area contributed by atoms with Crippen molar-refractivity contribution in [3.63, 3.8) is 0 Å². The zero-order chi connectivity index (χ0) is 30.9. The lowest BCUT2D eigenvalue weighted by Crippen LogP contribution is -2.29. The highest BCUT2D eigenvalue weighted by molar-refractivity contribution is 7.99. The fraction of sp³-hybridized carbons (Fsp3) is 0.406. The molecule has 0 spiro atoms. The van der Waals surface area contributed by atoms with Gasteiger partial charge in [0.1, 0.15) is 11.5 Å². The molecule has 0 radical (unpaired) electrons. The third-order valence-electron chi connectivity index (χ3n) is 7.40. The van der Waals surface area contributed by atoms with Gasteiger partial charge in [-0.25, -0.2) is 9.18 Å². The van der Waals surface area contributed by atoms with Crippen molar-refractivity contribution in [2.45, 2.75) is 64.6 Å². The second kappa shape index (κ2) is 15.5. The van der Waals surface area contributed by atoms with E-state index >= 15 is 4.39 Å². The summed E-state index contributed by atoms with van der Waals surface area (Å²) in [5.74, 6) is 0.928. The molecule has 0 bridgehead atoms. The van der Waals surface area contributed by atoms with Crippen LogP contribution in [0.3, 0.4) is 0 Å². The van der Waals surface area contributed by atoms with Crippen LogP contribution in [-0.4, -0.2) is 51.0 Å². The first kappa shape index (κ1) is 32.7. The maximum absolute atomic E-state index is 15.1. The number of amidine groups is 1. The first-order chi connectivity index (χ1) is 20.7. The molecule has 11 heteroatoms. The number of hydrogen-bond acceptors (Lipinski definition) is 6. The van der Waals surface area contributed by atoms with Gasteiger partial charge in [0, 0.05) is 42.3 Å². The van der Waals surface area contributed by atoms with Crippen molar-refractivity contribution < 1.29 is 4.39 Å². The van der Waals surface area contributed by atoms with Gasteiger partial charge in [-0.05, 0) is 86.7 Å². The third-order valence-corrected chi connectivity index (χ3v) is 8.26. The lowest BCUT2D eigenvalue weighted by molar-refractivity contribution is 0.472. The monoisotopic (exact) mass is 625 g/mol. The number of halogens is 2. The van der Waals surface area contributed by atoms with Crippen molar-refractivity contribution in [3.8, 4) is 16.9 Å². The molecule has 43 heavy (non-hydrogen) atoms. The van der Waals surface area contributed by atoms with E-state index < -0.39 is 11.5 Å². The highest BCUT2D eigenvalue weighted by Gasteiger charge is 2.16. The maximum atomic E-state index is 15.1. The summed E-state index contributed by atoms with van der Waals surface area (Å²) >= 11 is 7.91. The highest BCUT2D eigenvalue weighted by atomic mass is 35.5. The van der Waals surface area contributed by atoms with E-state index in [0.29, 0.717) is 52.9 Å². The summed E-state index contributed by atoms with van der Waals surface area (Å²) in [5.41, 5.74) is 15.3. The number of rotatable bonds is 15. The van der Waals surface area contributed by atoms with Gasteiger partial charge < -0.3 is 21.8 Å². The Kier molecular flexibility index (Phi) is 11.8. The second-order valence-electron chi connectivity index (χ2n) is 10.9. The molecule has 2 atom stereocenters. The summed E-state index contributed by atoms with van der Waals surface area (Å²) in [6.07, 6.45) is 8.13. The number of aromatic amines is 1. The predicted octanol–water partition coefficient (Wildman–Crippen LogP) is 5.82. The fourth-order valence-corrected chi connectivity index (χ4v) is 5.61. The number of aromatic nitrogens is 3. The summed E-state index contributed by atoms with van der Waals surface area (Å²) in [4.78, 5) is 24.7. The third kappa shape index (κ3) is 8.92. The van der Waals surface area contributed by atoms with E-state index in [4.69, 9.17) is 23.1 Å². The van der Waals surface area contributed by atoms with Crippen molar-refractivity contribution in [1.82, 2.24) is 19.9 Å². The molecule has 0 unspecified atom stereocenters. The Bertz CT molecular complexity index is 1600. The Morgan fingerprint density at radius 3 is 2.67 bits per heavy atom. The minimum absolute atomic E-state index is 0.0590. The van der Waals surface area contributed by atoms with Crippen molar-refractivity contribution in [1.29, 1.82) is 0 Å². The number of hydrogen-bond donors (Lipinski definition) is 4. The molecule has 230 valence electrons. The number of H-pyrrole nitrogens is 1. The smallest absolute Gasteiger partial charge is 0.354 e. The standard InChI is InChI=1S/C32H41ClFN7OS/c1-4-24(12-13-37-29(36)19-43-3)38-17-21-8-10-25(11-9-21)41-18-23-16-28(39-31(23)40-32(41)42)26-14-22(7-5-6-20(2)35)15-27(33)30(26)34/h8-11,14-16,18,20,24,38H,4-7,12-13,17,19,35H2,1-3H3,(H2,36,37)(H,39,40,42)/t20-,24-/m0/s1.